The Kier molecular flexibility index (Phi) is 5.55. The van der Waals surface area contributed by atoms with Crippen LogP contribution in [0.3, 0.4) is 0 Å². The zero-order valence-corrected chi connectivity index (χ0v) is 13.5. The zero-order valence-electron chi connectivity index (χ0n) is 11.9. The van der Waals surface area contributed by atoms with Crippen LogP contribution in [0.5, 0.6) is 11.5 Å². The number of benzene rings is 2. The number of amides is 1. The fraction of sp³-hybridized carbons (Fsp3) is 0.125. The molecular weight excluding hydrogens is 348 g/mol. The van der Waals surface area contributed by atoms with E-state index in [1.807, 2.05) is 13.0 Å². The Hall–Kier alpha value is -2.34. The molecule has 0 bridgehead atoms. The van der Waals surface area contributed by atoms with Crippen molar-refractivity contribution in [1.29, 1.82) is 0 Å². The van der Waals surface area contributed by atoms with E-state index in [0.29, 0.717) is 28.0 Å². The summed E-state index contributed by atoms with van der Waals surface area (Å²) in [6, 6.07) is 12.1. The molecule has 1 amide bonds. The van der Waals surface area contributed by atoms with Gasteiger partial charge in [0.05, 0.1) is 18.4 Å². The Morgan fingerprint density at radius 2 is 2.09 bits per heavy atom. The molecule has 0 saturated carbocycles. The number of nitrogens with zero attached hydrogens (tertiary/aromatic N) is 1. The van der Waals surface area contributed by atoms with Crippen molar-refractivity contribution in [3.05, 3.63) is 58.1 Å². The SMILES string of the molecule is CCOc1cccc(C=NNC(=O)c2ccccc2Br)c1O. The van der Waals surface area contributed by atoms with Gasteiger partial charge in [-0.1, -0.05) is 18.2 Å². The highest BCUT2D eigenvalue weighted by molar-refractivity contribution is 9.10. The summed E-state index contributed by atoms with van der Waals surface area (Å²) in [6.07, 6.45) is 1.37. The minimum atomic E-state index is -0.343. The number of carbonyl (C=O) groups is 1. The fourth-order valence-corrected chi connectivity index (χ4v) is 2.25. The third-order valence-electron chi connectivity index (χ3n) is 2.82. The number of para-hydroxylation sites is 1. The van der Waals surface area contributed by atoms with Gasteiger partial charge in [-0.05, 0) is 47.1 Å². The van der Waals surface area contributed by atoms with Crippen molar-refractivity contribution in [2.24, 2.45) is 5.10 Å². The van der Waals surface area contributed by atoms with Gasteiger partial charge in [-0.25, -0.2) is 5.43 Å². The molecule has 2 N–H and O–H groups in total. The Bertz CT molecular complexity index is 702. The molecule has 0 aliphatic rings. The highest BCUT2D eigenvalue weighted by atomic mass is 79.9. The van der Waals surface area contributed by atoms with Crippen LogP contribution in [-0.2, 0) is 0 Å². The highest BCUT2D eigenvalue weighted by Gasteiger charge is 2.08. The van der Waals surface area contributed by atoms with Gasteiger partial charge in [0.1, 0.15) is 0 Å². The lowest BCUT2D eigenvalue weighted by molar-refractivity contribution is 0.0954. The molecule has 0 heterocycles. The van der Waals surface area contributed by atoms with Gasteiger partial charge in [0, 0.05) is 10.0 Å². The van der Waals surface area contributed by atoms with Gasteiger partial charge in [0.2, 0.25) is 0 Å². The fourth-order valence-electron chi connectivity index (χ4n) is 1.78. The number of hydrazone groups is 1. The summed E-state index contributed by atoms with van der Waals surface area (Å²) in [6.45, 7) is 2.28. The van der Waals surface area contributed by atoms with Gasteiger partial charge < -0.3 is 9.84 Å². The molecule has 0 aliphatic heterocycles. The lowest BCUT2D eigenvalue weighted by Crippen LogP contribution is -2.18. The van der Waals surface area contributed by atoms with Gasteiger partial charge in [-0.3, -0.25) is 4.79 Å². The van der Waals surface area contributed by atoms with Gasteiger partial charge in [-0.2, -0.15) is 5.10 Å². The second-order valence-electron chi connectivity index (χ2n) is 4.31. The van der Waals surface area contributed by atoms with Crippen LogP contribution in [0, 0.1) is 0 Å². The lowest BCUT2D eigenvalue weighted by Gasteiger charge is -2.07. The summed E-state index contributed by atoms with van der Waals surface area (Å²) >= 11 is 3.30. The van der Waals surface area contributed by atoms with Crippen LogP contribution in [0.4, 0.5) is 0 Å². The molecule has 0 spiro atoms. The van der Waals surface area contributed by atoms with Gasteiger partial charge in [0.25, 0.3) is 5.91 Å². The minimum Gasteiger partial charge on any atom is -0.504 e. The molecule has 22 heavy (non-hydrogen) atoms. The van der Waals surface area contributed by atoms with Crippen LogP contribution in [0.1, 0.15) is 22.8 Å². The molecule has 6 heteroatoms. The maximum atomic E-state index is 12.0. The molecule has 0 radical (unpaired) electrons. The van der Waals surface area contributed by atoms with Crippen LogP contribution in [0.25, 0.3) is 0 Å². The quantitative estimate of drug-likeness (QED) is 0.633. The molecule has 0 fully saturated rings. The first kappa shape index (κ1) is 16.0. The van der Waals surface area contributed by atoms with Gasteiger partial charge in [-0.15, -0.1) is 0 Å². The number of carbonyl (C=O) groups excluding carboxylic acids is 1. The molecule has 114 valence electrons. The van der Waals surface area contributed by atoms with Crippen molar-refractivity contribution in [2.45, 2.75) is 6.92 Å². The van der Waals surface area contributed by atoms with Crippen LogP contribution in [0.15, 0.2) is 52.0 Å². The number of aromatic hydroxyl groups is 1. The van der Waals surface area contributed by atoms with E-state index < -0.39 is 0 Å². The summed E-state index contributed by atoms with van der Waals surface area (Å²) in [4.78, 5) is 12.0. The molecule has 0 aromatic heterocycles. The highest BCUT2D eigenvalue weighted by Crippen LogP contribution is 2.28. The van der Waals surface area contributed by atoms with E-state index in [-0.39, 0.29) is 11.7 Å². The van der Waals surface area contributed by atoms with E-state index in [1.54, 1.807) is 36.4 Å². The van der Waals surface area contributed by atoms with Crippen LogP contribution >= 0.6 is 15.9 Å². The smallest absolute Gasteiger partial charge is 0.272 e. The molecular formula is C16H15BrN2O3. The summed E-state index contributed by atoms with van der Waals surface area (Å²) in [5.41, 5.74) is 3.35. The first-order chi connectivity index (χ1) is 10.6. The van der Waals surface area contributed by atoms with Crippen molar-refractivity contribution < 1.29 is 14.6 Å². The number of phenolic OH excluding ortho intramolecular Hbond substituents is 1. The normalized spacial score (nSPS) is 10.6. The maximum Gasteiger partial charge on any atom is 0.272 e. The topological polar surface area (TPSA) is 70.9 Å². The predicted octanol–water partition coefficient (Wildman–Crippen LogP) is 3.32. The van der Waals surface area contributed by atoms with E-state index in [2.05, 4.69) is 26.5 Å². The van der Waals surface area contributed by atoms with E-state index in [0.717, 1.165) is 0 Å². The van der Waals surface area contributed by atoms with Crippen molar-refractivity contribution in [1.82, 2.24) is 5.43 Å². The summed E-state index contributed by atoms with van der Waals surface area (Å²) in [5.74, 6) is 0.0241. The molecule has 2 rings (SSSR count). The second-order valence-corrected chi connectivity index (χ2v) is 5.16. The average molecular weight is 363 g/mol. The number of hydrogen-bond donors (Lipinski definition) is 2. The van der Waals surface area contributed by atoms with Crippen LogP contribution < -0.4 is 10.2 Å². The Labute approximate surface area is 136 Å². The van der Waals surface area contributed by atoms with E-state index in [4.69, 9.17) is 4.74 Å². The predicted molar refractivity (Wildman–Crippen MR) is 88.5 cm³/mol. The summed E-state index contributed by atoms with van der Waals surface area (Å²) in [5, 5.41) is 13.9. The van der Waals surface area contributed by atoms with Crippen LogP contribution in [-0.4, -0.2) is 23.8 Å². The molecule has 0 saturated heterocycles. The largest absolute Gasteiger partial charge is 0.504 e. The number of phenols is 1. The number of hydrogen-bond acceptors (Lipinski definition) is 4. The van der Waals surface area contributed by atoms with Crippen molar-refractivity contribution in [3.63, 3.8) is 0 Å². The first-order valence-electron chi connectivity index (χ1n) is 6.66. The number of halogens is 1. The van der Waals surface area contributed by atoms with Crippen molar-refractivity contribution >= 4 is 28.1 Å². The number of ether oxygens (including phenoxy) is 1. The third-order valence-corrected chi connectivity index (χ3v) is 3.51. The van der Waals surface area contributed by atoms with E-state index in [1.165, 1.54) is 6.21 Å². The van der Waals surface area contributed by atoms with Gasteiger partial charge >= 0.3 is 0 Å². The molecule has 2 aromatic rings. The van der Waals surface area contributed by atoms with E-state index in [9.17, 15) is 9.90 Å². The summed E-state index contributed by atoms with van der Waals surface area (Å²) in [7, 11) is 0. The average Bonchev–Trinajstić information content (AvgIpc) is 2.51. The lowest BCUT2D eigenvalue weighted by atomic mass is 10.2. The first-order valence-corrected chi connectivity index (χ1v) is 7.45. The second kappa shape index (κ2) is 7.61. The minimum absolute atomic E-state index is 0.0109. The van der Waals surface area contributed by atoms with Crippen molar-refractivity contribution in [3.8, 4) is 11.5 Å². The third kappa shape index (κ3) is 3.85. The Morgan fingerprint density at radius 3 is 2.82 bits per heavy atom. The maximum absolute atomic E-state index is 12.0. The monoisotopic (exact) mass is 362 g/mol. The molecule has 5 nitrogen and oxygen atoms in total. The summed E-state index contributed by atoms with van der Waals surface area (Å²) < 4.78 is 5.97. The van der Waals surface area contributed by atoms with Crippen LogP contribution in [0.2, 0.25) is 0 Å². The van der Waals surface area contributed by atoms with Crippen molar-refractivity contribution in [2.75, 3.05) is 6.61 Å². The molecule has 0 aliphatic carbocycles. The Balaban J connectivity index is 2.09. The number of nitrogens with one attached hydrogen (secondary N) is 1. The molecule has 2 aromatic carbocycles. The zero-order chi connectivity index (χ0) is 15.9. The standard InChI is InChI=1S/C16H15BrN2O3/c1-2-22-14-9-5-6-11(15(14)20)10-18-19-16(21)12-7-3-4-8-13(12)17/h3-10,20H,2H2,1H3,(H,19,21). The Morgan fingerprint density at radius 1 is 1.32 bits per heavy atom. The molecule has 0 atom stereocenters. The van der Waals surface area contributed by atoms with Gasteiger partial charge in [0.15, 0.2) is 11.5 Å². The molecule has 0 unspecified atom stereocenters. The van der Waals surface area contributed by atoms with E-state index >= 15 is 0 Å². The number of rotatable bonds is 5.